The number of benzene rings is 1. The second-order valence-electron chi connectivity index (χ2n) is 6.48. The van der Waals surface area contributed by atoms with Crippen molar-refractivity contribution in [1.82, 2.24) is 4.90 Å². The van der Waals surface area contributed by atoms with Gasteiger partial charge in [-0.1, -0.05) is 30.3 Å². The molecule has 7 nitrogen and oxygen atoms in total. The number of amides is 3. The van der Waals surface area contributed by atoms with Crippen LogP contribution in [0, 0.1) is 0 Å². The first-order valence-electron chi connectivity index (χ1n) is 9.19. The molecule has 2 heterocycles. The number of primary amides is 1. The van der Waals surface area contributed by atoms with Gasteiger partial charge in [0, 0.05) is 17.8 Å². The second kappa shape index (κ2) is 8.88. The number of hydrogen-bond donors (Lipinski definition) is 2. The molecule has 0 unspecified atom stereocenters. The normalized spacial score (nSPS) is 13.0. The van der Waals surface area contributed by atoms with Crippen LogP contribution in [0.15, 0.2) is 30.3 Å². The smallest absolute Gasteiger partial charge is 0.410 e. The van der Waals surface area contributed by atoms with Crippen LogP contribution in [-0.4, -0.2) is 36.0 Å². The molecule has 3 rings (SSSR count). The molecule has 3 amide bonds. The first-order valence-corrected chi connectivity index (χ1v) is 10.0. The summed E-state index contributed by atoms with van der Waals surface area (Å²) in [7, 11) is 0. The Bertz CT molecular complexity index is 879. The van der Waals surface area contributed by atoms with E-state index in [0.717, 1.165) is 16.0 Å². The van der Waals surface area contributed by atoms with Crippen molar-refractivity contribution in [2.75, 3.05) is 18.5 Å². The molecule has 2 aromatic rings. The Hall–Kier alpha value is -2.87. The van der Waals surface area contributed by atoms with E-state index < -0.39 is 5.91 Å². The number of carbonyl (C=O) groups is 3. The molecule has 0 bridgehead atoms. The molecule has 3 N–H and O–H groups in total. The lowest BCUT2D eigenvalue weighted by molar-refractivity contribution is -0.116. The van der Waals surface area contributed by atoms with Gasteiger partial charge in [-0.15, -0.1) is 11.3 Å². The molecule has 1 aliphatic heterocycles. The van der Waals surface area contributed by atoms with Crippen LogP contribution in [0.1, 0.15) is 39.7 Å². The van der Waals surface area contributed by atoms with Gasteiger partial charge in [-0.3, -0.25) is 9.59 Å². The maximum Gasteiger partial charge on any atom is 0.410 e. The van der Waals surface area contributed by atoms with Crippen molar-refractivity contribution in [1.29, 1.82) is 0 Å². The lowest BCUT2D eigenvalue weighted by Gasteiger charge is -2.26. The van der Waals surface area contributed by atoms with E-state index in [4.69, 9.17) is 10.5 Å². The van der Waals surface area contributed by atoms with Gasteiger partial charge in [0.05, 0.1) is 18.7 Å². The fraction of sp³-hybridized carbons (Fsp3) is 0.350. The number of thiophene rings is 1. The molecule has 0 radical (unpaired) electrons. The van der Waals surface area contributed by atoms with Gasteiger partial charge in [0.15, 0.2) is 0 Å². The van der Waals surface area contributed by atoms with Gasteiger partial charge in [-0.25, -0.2) is 4.79 Å². The Morgan fingerprint density at radius 3 is 2.68 bits per heavy atom. The molecule has 8 heteroatoms. The number of carbonyl (C=O) groups excluding carboxylic acids is 3. The average Bonchev–Trinajstić information content (AvgIpc) is 3.04. The SMILES string of the molecule is CCOC(=O)N1CCc2c(sc(NC(=O)CCc3ccccc3)c2C(N)=O)C1. The molecule has 0 saturated carbocycles. The summed E-state index contributed by atoms with van der Waals surface area (Å²) in [5.41, 5.74) is 7.82. The van der Waals surface area contributed by atoms with Crippen LogP contribution in [0.2, 0.25) is 0 Å². The van der Waals surface area contributed by atoms with Crippen LogP contribution >= 0.6 is 11.3 Å². The monoisotopic (exact) mass is 401 g/mol. The quantitative estimate of drug-likeness (QED) is 0.777. The zero-order valence-corrected chi connectivity index (χ0v) is 16.5. The van der Waals surface area contributed by atoms with Crippen molar-refractivity contribution in [3.63, 3.8) is 0 Å². The summed E-state index contributed by atoms with van der Waals surface area (Å²) in [6, 6.07) is 9.73. The summed E-state index contributed by atoms with van der Waals surface area (Å²) < 4.78 is 5.05. The maximum atomic E-state index is 12.4. The minimum atomic E-state index is -0.569. The van der Waals surface area contributed by atoms with Crippen molar-refractivity contribution in [2.24, 2.45) is 5.73 Å². The van der Waals surface area contributed by atoms with Crippen molar-refractivity contribution in [3.8, 4) is 0 Å². The number of nitrogens with zero attached hydrogens (tertiary/aromatic N) is 1. The molecular weight excluding hydrogens is 378 g/mol. The number of fused-ring (bicyclic) bond motifs is 1. The van der Waals surface area contributed by atoms with Crippen LogP contribution in [0.5, 0.6) is 0 Å². The van der Waals surface area contributed by atoms with Crippen molar-refractivity contribution >= 4 is 34.2 Å². The summed E-state index contributed by atoms with van der Waals surface area (Å²) in [5.74, 6) is -0.743. The average molecular weight is 401 g/mol. The van der Waals surface area contributed by atoms with E-state index in [0.29, 0.717) is 49.5 Å². The number of aryl methyl sites for hydroxylation is 1. The number of anilines is 1. The highest BCUT2D eigenvalue weighted by atomic mass is 32.1. The lowest BCUT2D eigenvalue weighted by Crippen LogP contribution is -2.36. The first-order chi connectivity index (χ1) is 13.5. The summed E-state index contributed by atoms with van der Waals surface area (Å²) in [6.07, 6.45) is 1.04. The van der Waals surface area contributed by atoms with Gasteiger partial charge >= 0.3 is 6.09 Å². The maximum absolute atomic E-state index is 12.4. The number of rotatable bonds is 6. The minimum absolute atomic E-state index is 0.174. The van der Waals surface area contributed by atoms with E-state index in [1.807, 2.05) is 30.3 Å². The Labute approximate surface area is 167 Å². The highest BCUT2D eigenvalue weighted by molar-refractivity contribution is 7.17. The molecule has 0 spiro atoms. The summed E-state index contributed by atoms with van der Waals surface area (Å²) in [6.45, 7) is 2.86. The van der Waals surface area contributed by atoms with Gasteiger partial charge in [0.25, 0.3) is 5.91 Å². The van der Waals surface area contributed by atoms with Crippen LogP contribution in [0.4, 0.5) is 9.80 Å². The molecule has 148 valence electrons. The van der Waals surface area contributed by atoms with E-state index in [9.17, 15) is 14.4 Å². The number of nitrogens with two attached hydrogens (primary N) is 1. The molecule has 0 aliphatic carbocycles. The van der Waals surface area contributed by atoms with Gasteiger partial charge in [-0.05, 0) is 30.9 Å². The third kappa shape index (κ3) is 4.51. The van der Waals surface area contributed by atoms with Gasteiger partial charge in [-0.2, -0.15) is 0 Å². The van der Waals surface area contributed by atoms with Gasteiger partial charge in [0.1, 0.15) is 5.00 Å². The standard InChI is InChI=1S/C20H23N3O4S/c1-2-27-20(26)23-11-10-14-15(12-23)28-19(17(14)18(21)25)22-16(24)9-8-13-6-4-3-5-7-13/h3-7H,2,8-12H2,1H3,(H2,21,25)(H,22,24). The predicted octanol–water partition coefficient (Wildman–Crippen LogP) is 2.93. The fourth-order valence-corrected chi connectivity index (χ4v) is 4.50. The van der Waals surface area contributed by atoms with Gasteiger partial charge in [0.2, 0.25) is 5.91 Å². The number of hydrogen-bond acceptors (Lipinski definition) is 5. The molecular formula is C20H23N3O4S. The van der Waals surface area contributed by atoms with Gasteiger partial charge < -0.3 is 20.7 Å². The molecule has 28 heavy (non-hydrogen) atoms. The van der Waals surface area contributed by atoms with Crippen LogP contribution in [-0.2, 0) is 28.9 Å². The zero-order valence-electron chi connectivity index (χ0n) is 15.7. The Morgan fingerprint density at radius 2 is 2.00 bits per heavy atom. The Morgan fingerprint density at radius 1 is 1.25 bits per heavy atom. The molecule has 0 saturated heterocycles. The van der Waals surface area contributed by atoms with Crippen molar-refractivity contribution in [3.05, 3.63) is 51.9 Å². The Balaban J connectivity index is 1.72. The summed E-state index contributed by atoms with van der Waals surface area (Å²) in [5, 5.41) is 3.29. The fourth-order valence-electron chi connectivity index (χ4n) is 3.21. The predicted molar refractivity (Wildman–Crippen MR) is 107 cm³/mol. The topological polar surface area (TPSA) is 102 Å². The summed E-state index contributed by atoms with van der Waals surface area (Å²) >= 11 is 1.30. The highest BCUT2D eigenvalue weighted by Gasteiger charge is 2.29. The number of ether oxygens (including phenoxy) is 1. The van der Waals surface area contributed by atoms with E-state index in [1.165, 1.54) is 11.3 Å². The van der Waals surface area contributed by atoms with E-state index in [1.54, 1.807) is 11.8 Å². The van der Waals surface area contributed by atoms with E-state index in [2.05, 4.69) is 5.32 Å². The second-order valence-corrected chi connectivity index (χ2v) is 7.58. The van der Waals surface area contributed by atoms with Crippen molar-refractivity contribution < 1.29 is 19.1 Å². The third-order valence-electron chi connectivity index (χ3n) is 4.57. The molecule has 1 aromatic heterocycles. The highest BCUT2D eigenvalue weighted by Crippen LogP contribution is 2.37. The minimum Gasteiger partial charge on any atom is -0.450 e. The lowest BCUT2D eigenvalue weighted by atomic mass is 10.0. The number of nitrogens with one attached hydrogen (secondary N) is 1. The molecule has 0 fully saturated rings. The third-order valence-corrected chi connectivity index (χ3v) is 5.70. The van der Waals surface area contributed by atoms with Crippen LogP contribution in [0.3, 0.4) is 0 Å². The van der Waals surface area contributed by atoms with E-state index in [-0.39, 0.29) is 12.0 Å². The zero-order chi connectivity index (χ0) is 20.1. The molecule has 1 aliphatic rings. The largest absolute Gasteiger partial charge is 0.450 e. The van der Waals surface area contributed by atoms with E-state index >= 15 is 0 Å². The van der Waals surface area contributed by atoms with Crippen LogP contribution < -0.4 is 11.1 Å². The Kier molecular flexibility index (Phi) is 6.30. The molecule has 0 atom stereocenters. The molecule has 1 aromatic carbocycles. The summed E-state index contributed by atoms with van der Waals surface area (Å²) in [4.78, 5) is 38.8. The first kappa shape index (κ1) is 19.9. The van der Waals surface area contributed by atoms with Crippen LogP contribution in [0.25, 0.3) is 0 Å². The van der Waals surface area contributed by atoms with Crippen molar-refractivity contribution in [2.45, 2.75) is 32.7 Å².